The first-order valence-electron chi connectivity index (χ1n) is 6.90. The van der Waals surface area contributed by atoms with Gasteiger partial charge in [0.25, 0.3) is 0 Å². The Morgan fingerprint density at radius 2 is 1.91 bits per heavy atom. The highest BCUT2D eigenvalue weighted by molar-refractivity contribution is 9.10. The number of nitrogens with one attached hydrogen (secondary N) is 1. The molecule has 0 unspecified atom stereocenters. The highest BCUT2D eigenvalue weighted by Gasteiger charge is 2.04. The molecule has 0 aliphatic rings. The van der Waals surface area contributed by atoms with Crippen molar-refractivity contribution < 1.29 is 9.53 Å². The molecule has 0 bridgehead atoms. The third-order valence-corrected chi connectivity index (χ3v) is 4.85. The van der Waals surface area contributed by atoms with Crippen LogP contribution < -0.4 is 10.1 Å². The van der Waals surface area contributed by atoms with Gasteiger partial charge in [0.05, 0.1) is 12.9 Å². The van der Waals surface area contributed by atoms with Crippen molar-refractivity contribution in [2.75, 3.05) is 12.9 Å². The summed E-state index contributed by atoms with van der Waals surface area (Å²) in [6.45, 7) is 0.540. The first kappa shape index (κ1) is 16.9. The summed E-state index contributed by atoms with van der Waals surface area (Å²) < 4.78 is 6.19. The van der Waals surface area contributed by atoms with Crippen LogP contribution in [0.2, 0.25) is 0 Å². The molecule has 116 valence electrons. The Hall–Kier alpha value is -1.46. The molecule has 2 aromatic rings. The van der Waals surface area contributed by atoms with Crippen LogP contribution in [0, 0.1) is 0 Å². The van der Waals surface area contributed by atoms with Crippen molar-refractivity contribution in [3.63, 3.8) is 0 Å². The second kappa shape index (κ2) is 8.86. The van der Waals surface area contributed by atoms with Gasteiger partial charge in [-0.3, -0.25) is 4.79 Å². The summed E-state index contributed by atoms with van der Waals surface area (Å²) in [6.07, 6.45) is 0. The second-order valence-corrected chi connectivity index (χ2v) is 6.55. The summed E-state index contributed by atoms with van der Waals surface area (Å²) in [6, 6.07) is 15.8. The van der Waals surface area contributed by atoms with E-state index in [0.717, 1.165) is 21.5 Å². The normalized spacial score (nSPS) is 10.3. The summed E-state index contributed by atoms with van der Waals surface area (Å²) >= 11 is 5.12. The topological polar surface area (TPSA) is 38.3 Å². The Bertz CT molecular complexity index is 616. The van der Waals surface area contributed by atoms with Gasteiger partial charge in [-0.25, -0.2) is 0 Å². The molecule has 0 fully saturated rings. The highest BCUT2D eigenvalue weighted by atomic mass is 79.9. The van der Waals surface area contributed by atoms with Crippen LogP contribution in [-0.4, -0.2) is 18.8 Å². The van der Waals surface area contributed by atoms with Crippen LogP contribution in [0.15, 0.2) is 53.0 Å². The van der Waals surface area contributed by atoms with Gasteiger partial charge in [-0.05, 0) is 29.3 Å². The third-order valence-electron chi connectivity index (χ3n) is 3.10. The minimum atomic E-state index is 0.0490. The maximum absolute atomic E-state index is 11.8. The number of ether oxygens (including phenoxy) is 1. The standard InChI is InChI=1S/C17H18BrNO2S/c1-21-15-8-6-13(7-9-15)10-19-17(20)12-22-11-14-4-2-3-5-16(14)18/h2-9H,10-12H2,1H3,(H,19,20). The fourth-order valence-electron chi connectivity index (χ4n) is 1.86. The average Bonchev–Trinajstić information content (AvgIpc) is 2.55. The van der Waals surface area contributed by atoms with Gasteiger partial charge in [0.15, 0.2) is 0 Å². The number of carbonyl (C=O) groups is 1. The molecule has 22 heavy (non-hydrogen) atoms. The van der Waals surface area contributed by atoms with Gasteiger partial charge in [0, 0.05) is 16.8 Å². The van der Waals surface area contributed by atoms with Crippen molar-refractivity contribution in [1.29, 1.82) is 0 Å². The number of thioether (sulfide) groups is 1. The lowest BCUT2D eigenvalue weighted by atomic mass is 10.2. The average molecular weight is 380 g/mol. The van der Waals surface area contributed by atoms with Crippen LogP contribution in [0.3, 0.4) is 0 Å². The van der Waals surface area contributed by atoms with Crippen molar-refractivity contribution in [2.45, 2.75) is 12.3 Å². The molecule has 0 aromatic heterocycles. The van der Waals surface area contributed by atoms with E-state index in [2.05, 4.69) is 27.3 Å². The van der Waals surface area contributed by atoms with Gasteiger partial charge in [-0.2, -0.15) is 0 Å². The SMILES string of the molecule is COc1ccc(CNC(=O)CSCc2ccccc2Br)cc1. The first-order valence-corrected chi connectivity index (χ1v) is 8.84. The summed E-state index contributed by atoms with van der Waals surface area (Å²) in [5.41, 5.74) is 2.26. The number of rotatable bonds is 7. The molecule has 1 N–H and O–H groups in total. The molecule has 0 saturated carbocycles. The molecular weight excluding hydrogens is 362 g/mol. The minimum Gasteiger partial charge on any atom is -0.497 e. The largest absolute Gasteiger partial charge is 0.497 e. The second-order valence-electron chi connectivity index (χ2n) is 4.71. The number of benzene rings is 2. The molecule has 0 aliphatic heterocycles. The minimum absolute atomic E-state index is 0.0490. The number of hydrogen-bond donors (Lipinski definition) is 1. The Kier molecular flexibility index (Phi) is 6.80. The van der Waals surface area contributed by atoms with Crippen LogP contribution in [0.4, 0.5) is 0 Å². The van der Waals surface area contributed by atoms with Gasteiger partial charge in [-0.1, -0.05) is 46.3 Å². The lowest BCUT2D eigenvalue weighted by molar-refractivity contribution is -0.118. The fourth-order valence-corrected chi connectivity index (χ4v) is 3.34. The zero-order chi connectivity index (χ0) is 15.8. The lowest BCUT2D eigenvalue weighted by Crippen LogP contribution is -2.24. The van der Waals surface area contributed by atoms with E-state index in [-0.39, 0.29) is 5.91 Å². The van der Waals surface area contributed by atoms with Crippen molar-refractivity contribution in [3.8, 4) is 5.75 Å². The Morgan fingerprint density at radius 1 is 1.18 bits per heavy atom. The van der Waals surface area contributed by atoms with Crippen LogP contribution in [-0.2, 0) is 17.1 Å². The lowest BCUT2D eigenvalue weighted by Gasteiger charge is -2.07. The Labute approximate surface area is 143 Å². The Morgan fingerprint density at radius 3 is 2.59 bits per heavy atom. The van der Waals surface area contributed by atoms with E-state index < -0.39 is 0 Å². The van der Waals surface area contributed by atoms with E-state index in [1.807, 2.05) is 42.5 Å². The van der Waals surface area contributed by atoms with Crippen molar-refractivity contribution in [3.05, 3.63) is 64.1 Å². The quantitative estimate of drug-likeness (QED) is 0.789. The van der Waals surface area contributed by atoms with Crippen molar-refractivity contribution in [2.24, 2.45) is 0 Å². The molecule has 0 radical (unpaired) electrons. The first-order chi connectivity index (χ1) is 10.7. The zero-order valence-electron chi connectivity index (χ0n) is 12.3. The van der Waals surface area contributed by atoms with Crippen LogP contribution in [0.1, 0.15) is 11.1 Å². The molecule has 0 heterocycles. The summed E-state index contributed by atoms with van der Waals surface area (Å²) in [4.78, 5) is 11.8. The van der Waals surface area contributed by atoms with E-state index in [9.17, 15) is 4.79 Å². The van der Waals surface area contributed by atoms with E-state index >= 15 is 0 Å². The van der Waals surface area contributed by atoms with E-state index in [1.165, 1.54) is 5.56 Å². The molecule has 1 amide bonds. The molecule has 0 spiro atoms. The molecule has 0 atom stereocenters. The molecule has 2 rings (SSSR count). The molecule has 5 heteroatoms. The predicted molar refractivity (Wildman–Crippen MR) is 95.1 cm³/mol. The number of amides is 1. The number of halogens is 1. The van der Waals surface area contributed by atoms with Gasteiger partial charge in [0.2, 0.25) is 5.91 Å². The third kappa shape index (κ3) is 5.39. The van der Waals surface area contributed by atoms with Crippen LogP contribution in [0.5, 0.6) is 5.75 Å². The van der Waals surface area contributed by atoms with E-state index in [4.69, 9.17) is 4.74 Å². The maximum Gasteiger partial charge on any atom is 0.230 e. The number of methoxy groups -OCH3 is 1. The molecule has 2 aromatic carbocycles. The van der Waals surface area contributed by atoms with Gasteiger partial charge < -0.3 is 10.1 Å². The summed E-state index contributed by atoms with van der Waals surface area (Å²) in [5, 5.41) is 2.93. The van der Waals surface area contributed by atoms with Gasteiger partial charge in [-0.15, -0.1) is 11.8 Å². The Balaban J connectivity index is 1.70. The molecule has 3 nitrogen and oxygen atoms in total. The van der Waals surface area contributed by atoms with Crippen molar-refractivity contribution >= 4 is 33.6 Å². The van der Waals surface area contributed by atoms with E-state index in [0.29, 0.717) is 12.3 Å². The summed E-state index contributed by atoms with van der Waals surface area (Å²) in [5.74, 6) is 2.14. The van der Waals surface area contributed by atoms with E-state index in [1.54, 1.807) is 18.9 Å². The highest BCUT2D eigenvalue weighted by Crippen LogP contribution is 2.21. The zero-order valence-corrected chi connectivity index (χ0v) is 14.7. The monoisotopic (exact) mass is 379 g/mol. The molecular formula is C17H18BrNO2S. The van der Waals surface area contributed by atoms with Crippen LogP contribution >= 0.6 is 27.7 Å². The van der Waals surface area contributed by atoms with Crippen LogP contribution in [0.25, 0.3) is 0 Å². The van der Waals surface area contributed by atoms with Crippen molar-refractivity contribution in [1.82, 2.24) is 5.32 Å². The maximum atomic E-state index is 11.8. The van der Waals surface area contributed by atoms with Gasteiger partial charge in [0.1, 0.15) is 5.75 Å². The fraction of sp³-hybridized carbons (Fsp3) is 0.235. The molecule has 0 aliphatic carbocycles. The smallest absolute Gasteiger partial charge is 0.230 e. The van der Waals surface area contributed by atoms with Gasteiger partial charge >= 0.3 is 0 Å². The predicted octanol–water partition coefficient (Wildman–Crippen LogP) is 4.01. The number of carbonyl (C=O) groups excluding carboxylic acids is 1. The number of hydrogen-bond acceptors (Lipinski definition) is 3. The summed E-state index contributed by atoms with van der Waals surface area (Å²) in [7, 11) is 1.64. The molecule has 0 saturated heterocycles.